The highest BCUT2D eigenvalue weighted by Crippen LogP contribution is 2.29. The van der Waals surface area contributed by atoms with Crippen LogP contribution in [0.15, 0.2) is 22.7 Å². The van der Waals surface area contributed by atoms with Crippen LogP contribution in [0, 0.1) is 5.92 Å². The number of hydrogen-bond acceptors (Lipinski definition) is 1. The van der Waals surface area contributed by atoms with Crippen LogP contribution in [0.2, 0.25) is 0 Å². The molecule has 0 aliphatic rings. The van der Waals surface area contributed by atoms with Crippen LogP contribution < -0.4 is 4.74 Å². The van der Waals surface area contributed by atoms with Gasteiger partial charge in [-0.1, -0.05) is 36.7 Å². The van der Waals surface area contributed by atoms with E-state index in [9.17, 15) is 0 Å². The normalized spacial score (nSPS) is 12.8. The van der Waals surface area contributed by atoms with Crippen LogP contribution in [-0.2, 0) is 0 Å². The third-order valence-electron chi connectivity index (χ3n) is 3.06. The summed E-state index contributed by atoms with van der Waals surface area (Å²) in [6.45, 7) is 7.35. The number of ether oxygens (including phenoxy) is 1. The lowest BCUT2D eigenvalue weighted by Gasteiger charge is -2.16. The summed E-state index contributed by atoms with van der Waals surface area (Å²) < 4.78 is 7.01. The monoisotopic (exact) mass is 332 g/mol. The zero-order chi connectivity index (χ0) is 13.5. The third kappa shape index (κ3) is 5.19. The highest BCUT2D eigenvalue weighted by atomic mass is 79.9. The second kappa shape index (κ2) is 8.06. The molecule has 0 fully saturated rings. The van der Waals surface area contributed by atoms with Gasteiger partial charge in [0.2, 0.25) is 0 Å². The van der Waals surface area contributed by atoms with Gasteiger partial charge in [-0.25, -0.2) is 0 Å². The number of alkyl halides is 1. The molecule has 18 heavy (non-hydrogen) atoms. The van der Waals surface area contributed by atoms with Crippen LogP contribution >= 0.6 is 27.5 Å². The minimum absolute atomic E-state index is 0.470. The summed E-state index contributed by atoms with van der Waals surface area (Å²) in [5, 5.41) is 0. The van der Waals surface area contributed by atoms with Gasteiger partial charge in [0.15, 0.2) is 0 Å². The summed E-state index contributed by atoms with van der Waals surface area (Å²) in [7, 11) is 0. The molecule has 1 rings (SSSR count). The van der Waals surface area contributed by atoms with Gasteiger partial charge in [0.25, 0.3) is 0 Å². The van der Waals surface area contributed by atoms with Crippen molar-refractivity contribution in [2.24, 2.45) is 5.92 Å². The van der Waals surface area contributed by atoms with Crippen LogP contribution in [0.4, 0.5) is 0 Å². The first kappa shape index (κ1) is 15.8. The van der Waals surface area contributed by atoms with Gasteiger partial charge < -0.3 is 4.74 Å². The molecule has 102 valence electrons. The molecular weight excluding hydrogens is 312 g/mol. The van der Waals surface area contributed by atoms with Crippen molar-refractivity contribution in [2.45, 2.75) is 39.5 Å². The standard InChI is InChI=1S/C15H22BrClO/c1-11(2)14-10-13(16)4-5-15(14)18-9-7-12(3)6-8-17/h4-5,10-12H,6-9H2,1-3H3. The molecule has 0 spiro atoms. The van der Waals surface area contributed by atoms with Crippen molar-refractivity contribution in [3.8, 4) is 5.75 Å². The summed E-state index contributed by atoms with van der Waals surface area (Å²) in [6.07, 6.45) is 2.11. The van der Waals surface area contributed by atoms with Crippen LogP contribution in [-0.4, -0.2) is 12.5 Å². The molecule has 1 aromatic carbocycles. The van der Waals surface area contributed by atoms with Crippen molar-refractivity contribution >= 4 is 27.5 Å². The van der Waals surface area contributed by atoms with Gasteiger partial charge in [-0.3, -0.25) is 0 Å². The zero-order valence-electron chi connectivity index (χ0n) is 11.4. The molecule has 1 unspecified atom stereocenters. The Morgan fingerprint density at radius 3 is 2.56 bits per heavy atom. The molecule has 0 aromatic heterocycles. The molecule has 0 bridgehead atoms. The minimum atomic E-state index is 0.470. The Morgan fingerprint density at radius 1 is 1.22 bits per heavy atom. The van der Waals surface area contributed by atoms with Gasteiger partial charge >= 0.3 is 0 Å². The van der Waals surface area contributed by atoms with Crippen molar-refractivity contribution in [1.82, 2.24) is 0 Å². The predicted molar refractivity (Wildman–Crippen MR) is 82.8 cm³/mol. The fraction of sp³-hybridized carbons (Fsp3) is 0.600. The maximum absolute atomic E-state index is 5.91. The Bertz CT molecular complexity index is 366. The highest BCUT2D eigenvalue weighted by molar-refractivity contribution is 9.10. The Morgan fingerprint density at radius 2 is 1.94 bits per heavy atom. The zero-order valence-corrected chi connectivity index (χ0v) is 13.7. The lowest BCUT2D eigenvalue weighted by Crippen LogP contribution is -2.06. The van der Waals surface area contributed by atoms with Gasteiger partial charge in [0, 0.05) is 10.4 Å². The van der Waals surface area contributed by atoms with Gasteiger partial charge in [-0.2, -0.15) is 0 Å². The van der Waals surface area contributed by atoms with Crippen LogP contribution in [0.3, 0.4) is 0 Å². The number of benzene rings is 1. The van der Waals surface area contributed by atoms with Crippen LogP contribution in [0.25, 0.3) is 0 Å². The lowest BCUT2D eigenvalue weighted by atomic mass is 10.0. The SMILES string of the molecule is CC(CCCl)CCOc1ccc(Br)cc1C(C)C. The maximum Gasteiger partial charge on any atom is 0.122 e. The summed E-state index contributed by atoms with van der Waals surface area (Å²) >= 11 is 9.24. The molecule has 1 atom stereocenters. The lowest BCUT2D eigenvalue weighted by molar-refractivity contribution is 0.279. The Hall–Kier alpha value is -0.210. The molecule has 1 nitrogen and oxygen atoms in total. The van der Waals surface area contributed by atoms with E-state index in [1.165, 1.54) is 5.56 Å². The topological polar surface area (TPSA) is 9.23 Å². The predicted octanol–water partition coefficient (Wildman–Crippen LogP) is 5.61. The van der Waals surface area contributed by atoms with E-state index in [2.05, 4.69) is 42.8 Å². The fourth-order valence-electron chi connectivity index (χ4n) is 1.80. The summed E-state index contributed by atoms with van der Waals surface area (Å²) in [5.41, 5.74) is 1.26. The first-order valence-corrected chi connectivity index (χ1v) is 7.85. The summed E-state index contributed by atoms with van der Waals surface area (Å²) in [6, 6.07) is 6.22. The quantitative estimate of drug-likeness (QED) is 0.590. The Kier molecular flexibility index (Phi) is 7.10. The van der Waals surface area contributed by atoms with Gasteiger partial charge in [0.1, 0.15) is 5.75 Å². The van der Waals surface area contributed by atoms with E-state index in [0.717, 1.165) is 35.6 Å². The maximum atomic E-state index is 5.91. The third-order valence-corrected chi connectivity index (χ3v) is 3.78. The Balaban J connectivity index is 2.56. The van der Waals surface area contributed by atoms with E-state index < -0.39 is 0 Å². The van der Waals surface area contributed by atoms with Gasteiger partial charge in [-0.05, 0) is 48.4 Å². The molecule has 0 radical (unpaired) electrons. The average molecular weight is 334 g/mol. The minimum Gasteiger partial charge on any atom is -0.493 e. The van der Waals surface area contributed by atoms with Gasteiger partial charge in [0.05, 0.1) is 6.61 Å². The van der Waals surface area contributed by atoms with Gasteiger partial charge in [-0.15, -0.1) is 11.6 Å². The Labute approximate surface area is 124 Å². The number of rotatable bonds is 7. The largest absolute Gasteiger partial charge is 0.493 e. The molecule has 0 amide bonds. The second-order valence-electron chi connectivity index (χ2n) is 5.06. The molecule has 0 saturated carbocycles. The molecular formula is C15H22BrClO. The van der Waals surface area contributed by atoms with Crippen molar-refractivity contribution in [2.75, 3.05) is 12.5 Å². The van der Waals surface area contributed by atoms with E-state index in [-0.39, 0.29) is 0 Å². The molecule has 1 aromatic rings. The van der Waals surface area contributed by atoms with E-state index >= 15 is 0 Å². The van der Waals surface area contributed by atoms with Crippen LogP contribution in [0.1, 0.15) is 45.1 Å². The van der Waals surface area contributed by atoms with E-state index in [1.807, 2.05) is 12.1 Å². The smallest absolute Gasteiger partial charge is 0.122 e. The number of hydrogen-bond donors (Lipinski definition) is 0. The first-order chi connectivity index (χ1) is 8.54. The molecule has 0 heterocycles. The average Bonchev–Trinajstić information content (AvgIpc) is 2.31. The van der Waals surface area contributed by atoms with Crippen molar-refractivity contribution in [3.05, 3.63) is 28.2 Å². The molecule has 0 aliphatic heterocycles. The number of halogens is 2. The first-order valence-electron chi connectivity index (χ1n) is 6.52. The molecule has 0 N–H and O–H groups in total. The van der Waals surface area contributed by atoms with E-state index in [0.29, 0.717) is 11.8 Å². The van der Waals surface area contributed by atoms with E-state index in [4.69, 9.17) is 16.3 Å². The van der Waals surface area contributed by atoms with Crippen molar-refractivity contribution in [1.29, 1.82) is 0 Å². The van der Waals surface area contributed by atoms with Crippen LogP contribution in [0.5, 0.6) is 5.75 Å². The van der Waals surface area contributed by atoms with Crippen molar-refractivity contribution < 1.29 is 4.74 Å². The summed E-state index contributed by atoms with van der Waals surface area (Å²) in [5.74, 6) is 2.83. The molecule has 0 saturated heterocycles. The second-order valence-corrected chi connectivity index (χ2v) is 6.35. The fourth-order valence-corrected chi connectivity index (χ4v) is 2.55. The van der Waals surface area contributed by atoms with E-state index in [1.54, 1.807) is 0 Å². The molecule has 0 aliphatic carbocycles. The highest BCUT2D eigenvalue weighted by Gasteiger charge is 2.09. The summed E-state index contributed by atoms with van der Waals surface area (Å²) in [4.78, 5) is 0. The molecule has 3 heteroatoms. The van der Waals surface area contributed by atoms with Crippen molar-refractivity contribution in [3.63, 3.8) is 0 Å².